The van der Waals surface area contributed by atoms with Crippen LogP contribution in [0.5, 0.6) is 0 Å². The minimum absolute atomic E-state index is 0.0736. The summed E-state index contributed by atoms with van der Waals surface area (Å²) in [6.07, 6.45) is 0.751. The van der Waals surface area contributed by atoms with E-state index in [9.17, 15) is 4.79 Å². The number of benzene rings is 1. The summed E-state index contributed by atoms with van der Waals surface area (Å²) in [7, 11) is 0. The first-order chi connectivity index (χ1) is 6.50. The second-order valence-electron chi connectivity index (χ2n) is 3.35. The van der Waals surface area contributed by atoms with Gasteiger partial charge in [-0.3, -0.25) is 4.79 Å². The smallest absolute Gasteiger partial charge is 0.143 e. The molecule has 0 bridgehead atoms. The highest BCUT2D eigenvalue weighted by molar-refractivity contribution is 9.10. The van der Waals surface area contributed by atoms with Gasteiger partial charge in [0.15, 0.2) is 0 Å². The summed E-state index contributed by atoms with van der Waals surface area (Å²) in [5.74, 6) is 0.171. The second kappa shape index (κ2) is 5.08. The van der Waals surface area contributed by atoms with E-state index in [-0.39, 0.29) is 10.6 Å². The van der Waals surface area contributed by atoms with Gasteiger partial charge in [-0.15, -0.1) is 0 Å². The van der Waals surface area contributed by atoms with Crippen LogP contribution in [0.25, 0.3) is 0 Å². The number of hydrogen-bond donors (Lipinski definition) is 0. The molecule has 1 unspecified atom stereocenters. The number of carbonyl (C=O) groups is 1. The maximum atomic E-state index is 11.1. The van der Waals surface area contributed by atoms with Crippen LogP contribution in [0.1, 0.15) is 18.1 Å². The third-order valence-corrected chi connectivity index (χ3v) is 3.61. The largest absolute Gasteiger partial charge is 0.299 e. The van der Waals surface area contributed by atoms with Crippen molar-refractivity contribution in [2.24, 2.45) is 0 Å². The van der Waals surface area contributed by atoms with E-state index in [1.165, 1.54) is 11.1 Å². The van der Waals surface area contributed by atoms with Crippen molar-refractivity contribution in [1.82, 2.24) is 0 Å². The average Bonchev–Trinajstić information content (AvgIpc) is 2.11. The Bertz CT molecular complexity index is 347. The van der Waals surface area contributed by atoms with Gasteiger partial charge in [0.1, 0.15) is 5.78 Å². The molecule has 0 radical (unpaired) electrons. The first-order valence-corrected chi connectivity index (χ1v) is 6.11. The first-order valence-electron chi connectivity index (χ1n) is 4.40. The van der Waals surface area contributed by atoms with E-state index in [0.717, 1.165) is 10.9 Å². The van der Waals surface area contributed by atoms with Gasteiger partial charge in [-0.25, -0.2) is 0 Å². The van der Waals surface area contributed by atoms with E-state index in [0.29, 0.717) is 0 Å². The number of ketones is 1. The van der Waals surface area contributed by atoms with Crippen LogP contribution < -0.4 is 0 Å². The van der Waals surface area contributed by atoms with Gasteiger partial charge in [-0.05, 0) is 43.5 Å². The summed E-state index contributed by atoms with van der Waals surface area (Å²) in [5, 5.41) is 0. The molecular formula is C11H12Br2O. The molecule has 0 spiro atoms. The second-order valence-corrected chi connectivity index (χ2v) is 5.37. The normalized spacial score (nSPS) is 12.6. The molecule has 0 heterocycles. The maximum Gasteiger partial charge on any atom is 0.143 e. The predicted molar refractivity (Wildman–Crippen MR) is 66.0 cm³/mol. The van der Waals surface area contributed by atoms with Gasteiger partial charge < -0.3 is 0 Å². The minimum Gasteiger partial charge on any atom is -0.299 e. The Labute approximate surface area is 101 Å². The number of hydrogen-bond acceptors (Lipinski definition) is 1. The van der Waals surface area contributed by atoms with Gasteiger partial charge in [-0.1, -0.05) is 37.9 Å². The molecular weight excluding hydrogens is 308 g/mol. The van der Waals surface area contributed by atoms with E-state index in [2.05, 4.69) is 50.9 Å². The number of rotatable bonds is 3. The molecule has 0 amide bonds. The topological polar surface area (TPSA) is 17.1 Å². The Hall–Kier alpha value is -0.150. The van der Waals surface area contributed by atoms with Gasteiger partial charge in [0, 0.05) is 4.47 Å². The lowest BCUT2D eigenvalue weighted by molar-refractivity contribution is -0.116. The summed E-state index contributed by atoms with van der Waals surface area (Å²) < 4.78 is 1.06. The molecule has 14 heavy (non-hydrogen) atoms. The van der Waals surface area contributed by atoms with Crippen molar-refractivity contribution in [3.63, 3.8) is 0 Å². The summed E-state index contributed by atoms with van der Waals surface area (Å²) in [6.45, 7) is 3.66. The Morgan fingerprint density at radius 2 is 2.14 bits per heavy atom. The molecule has 0 aliphatic carbocycles. The molecule has 0 saturated heterocycles. The van der Waals surface area contributed by atoms with Crippen LogP contribution in [0.15, 0.2) is 22.7 Å². The van der Waals surface area contributed by atoms with E-state index < -0.39 is 0 Å². The predicted octanol–water partition coefficient (Wildman–Crippen LogP) is 3.65. The monoisotopic (exact) mass is 318 g/mol. The van der Waals surface area contributed by atoms with Crippen LogP contribution in [0.2, 0.25) is 0 Å². The zero-order valence-corrected chi connectivity index (χ0v) is 11.4. The molecule has 0 aliphatic rings. The van der Waals surface area contributed by atoms with Crippen LogP contribution in [0, 0.1) is 6.92 Å². The van der Waals surface area contributed by atoms with Crippen molar-refractivity contribution < 1.29 is 4.79 Å². The Balaban J connectivity index is 2.85. The van der Waals surface area contributed by atoms with Crippen molar-refractivity contribution in [3.05, 3.63) is 33.8 Å². The zero-order valence-electron chi connectivity index (χ0n) is 8.18. The van der Waals surface area contributed by atoms with Crippen LogP contribution in [-0.2, 0) is 11.2 Å². The molecule has 1 atom stereocenters. The SMILES string of the molecule is CC(=O)C(Br)Cc1cc(Br)ccc1C. The van der Waals surface area contributed by atoms with Gasteiger partial charge >= 0.3 is 0 Å². The first kappa shape index (κ1) is 11.9. The van der Waals surface area contributed by atoms with Crippen molar-refractivity contribution in [3.8, 4) is 0 Å². The molecule has 1 aromatic rings. The molecule has 0 aliphatic heterocycles. The van der Waals surface area contributed by atoms with E-state index in [1.807, 2.05) is 6.07 Å². The molecule has 1 rings (SSSR count). The lowest BCUT2D eigenvalue weighted by atomic mass is 10.0. The number of carbonyl (C=O) groups excluding carboxylic acids is 1. The summed E-state index contributed by atoms with van der Waals surface area (Å²) in [4.78, 5) is 11.0. The number of halogens is 2. The number of Topliss-reactive ketones (excluding diaryl/α,β-unsaturated/α-hetero) is 1. The highest BCUT2D eigenvalue weighted by Gasteiger charge is 2.11. The molecule has 0 fully saturated rings. The summed E-state index contributed by atoms with van der Waals surface area (Å²) in [6, 6.07) is 6.13. The Morgan fingerprint density at radius 3 is 2.71 bits per heavy atom. The quantitative estimate of drug-likeness (QED) is 0.777. The van der Waals surface area contributed by atoms with Crippen LogP contribution in [-0.4, -0.2) is 10.6 Å². The molecule has 1 aromatic carbocycles. The summed E-state index contributed by atoms with van der Waals surface area (Å²) in [5.41, 5.74) is 2.43. The van der Waals surface area contributed by atoms with Crippen molar-refractivity contribution >= 4 is 37.6 Å². The number of alkyl halides is 1. The fraction of sp³-hybridized carbons (Fsp3) is 0.364. The molecule has 3 heteroatoms. The fourth-order valence-corrected chi connectivity index (χ4v) is 1.95. The van der Waals surface area contributed by atoms with E-state index in [4.69, 9.17) is 0 Å². The molecule has 0 saturated carbocycles. The lowest BCUT2D eigenvalue weighted by Crippen LogP contribution is -2.13. The highest BCUT2D eigenvalue weighted by Crippen LogP contribution is 2.19. The van der Waals surface area contributed by atoms with Gasteiger partial charge in [0.25, 0.3) is 0 Å². The van der Waals surface area contributed by atoms with Crippen LogP contribution in [0.4, 0.5) is 0 Å². The third kappa shape index (κ3) is 3.21. The third-order valence-electron chi connectivity index (χ3n) is 2.15. The molecule has 76 valence electrons. The fourth-order valence-electron chi connectivity index (χ4n) is 1.20. The average molecular weight is 320 g/mol. The highest BCUT2D eigenvalue weighted by atomic mass is 79.9. The van der Waals surface area contributed by atoms with Crippen molar-refractivity contribution in [2.75, 3.05) is 0 Å². The Kier molecular flexibility index (Phi) is 4.32. The molecule has 0 N–H and O–H groups in total. The Morgan fingerprint density at radius 1 is 1.50 bits per heavy atom. The minimum atomic E-state index is -0.0736. The van der Waals surface area contributed by atoms with E-state index >= 15 is 0 Å². The zero-order chi connectivity index (χ0) is 10.7. The maximum absolute atomic E-state index is 11.1. The van der Waals surface area contributed by atoms with Gasteiger partial charge in [0.2, 0.25) is 0 Å². The molecule has 1 nitrogen and oxygen atoms in total. The van der Waals surface area contributed by atoms with Crippen LogP contribution in [0.3, 0.4) is 0 Å². The summed E-state index contributed by atoms with van der Waals surface area (Å²) >= 11 is 6.80. The molecule has 0 aromatic heterocycles. The number of aryl methyl sites for hydroxylation is 1. The standard InChI is InChI=1S/C11H12Br2O/c1-7-3-4-10(12)5-9(7)6-11(13)8(2)14/h3-5,11H,6H2,1-2H3. The van der Waals surface area contributed by atoms with Crippen molar-refractivity contribution in [1.29, 1.82) is 0 Å². The lowest BCUT2D eigenvalue weighted by Gasteiger charge is -2.09. The van der Waals surface area contributed by atoms with Gasteiger partial charge in [-0.2, -0.15) is 0 Å². The van der Waals surface area contributed by atoms with Crippen LogP contribution >= 0.6 is 31.9 Å². The van der Waals surface area contributed by atoms with Crippen molar-refractivity contribution in [2.45, 2.75) is 25.1 Å². The van der Waals surface area contributed by atoms with E-state index in [1.54, 1.807) is 6.92 Å². The van der Waals surface area contributed by atoms with Gasteiger partial charge in [0.05, 0.1) is 4.83 Å².